The first-order chi connectivity index (χ1) is 17.1. The number of nitrogens with zero attached hydrogens (tertiary/aromatic N) is 3. The molecule has 4 aromatic rings. The fourth-order valence-corrected chi connectivity index (χ4v) is 5.10. The number of ether oxygens (including phenoxy) is 2. The Morgan fingerprint density at radius 1 is 1.09 bits per heavy atom. The molecule has 0 bridgehead atoms. The summed E-state index contributed by atoms with van der Waals surface area (Å²) in [5, 5.41) is 3.55. The lowest BCUT2D eigenvalue weighted by Crippen LogP contribution is -2.57. The molecule has 0 unspecified atom stereocenters. The van der Waals surface area contributed by atoms with Crippen LogP contribution < -0.4 is 15.0 Å². The van der Waals surface area contributed by atoms with Gasteiger partial charge in [0, 0.05) is 49.7 Å². The molecule has 4 heterocycles. The maximum atomic E-state index is 14.5. The van der Waals surface area contributed by atoms with E-state index < -0.39 is 5.82 Å². The van der Waals surface area contributed by atoms with E-state index in [0.717, 1.165) is 36.3 Å². The standard InChI is InChI=1S/C26H25F2N5O2/c1-34-18-9-15(8-17(28)10-18)19-12-29-13-20(26-31-21-3-2-16(27)11-23(21)32-26)25(19)33-6-4-22-24(14-33)35-7-5-30-22/h2-3,8-13,22,24,30H,4-7,14H2,1H3,(H,31,32)/t22-,24-/m0/s1. The van der Waals surface area contributed by atoms with Crippen molar-refractivity contribution in [3.63, 3.8) is 0 Å². The van der Waals surface area contributed by atoms with Crippen molar-refractivity contribution in [2.75, 3.05) is 38.3 Å². The van der Waals surface area contributed by atoms with Gasteiger partial charge in [-0.05, 0) is 42.3 Å². The summed E-state index contributed by atoms with van der Waals surface area (Å²) in [6.45, 7) is 2.97. The minimum Gasteiger partial charge on any atom is -0.497 e. The van der Waals surface area contributed by atoms with Crippen LogP contribution in [0.5, 0.6) is 5.75 Å². The highest BCUT2D eigenvalue weighted by molar-refractivity contribution is 5.91. The number of pyridine rings is 1. The SMILES string of the molecule is COc1cc(F)cc(-c2cncc(-c3nc4ccc(F)cc4[nH]3)c2N2CC[C@@H]3NCCO[C@H]3C2)c1. The van der Waals surface area contributed by atoms with Gasteiger partial charge in [0.1, 0.15) is 23.2 Å². The number of piperidine rings is 1. The molecule has 2 atom stereocenters. The third-order valence-electron chi connectivity index (χ3n) is 6.75. The van der Waals surface area contributed by atoms with Gasteiger partial charge in [-0.1, -0.05) is 0 Å². The molecule has 2 N–H and O–H groups in total. The van der Waals surface area contributed by atoms with Crippen LogP contribution in [0, 0.1) is 11.6 Å². The number of morpholine rings is 1. The summed E-state index contributed by atoms with van der Waals surface area (Å²) in [4.78, 5) is 14.7. The average Bonchev–Trinajstić information content (AvgIpc) is 3.30. The van der Waals surface area contributed by atoms with Crippen LogP contribution in [0.15, 0.2) is 48.8 Å². The second-order valence-electron chi connectivity index (χ2n) is 8.91. The Morgan fingerprint density at radius 2 is 1.97 bits per heavy atom. The van der Waals surface area contributed by atoms with Crippen molar-refractivity contribution >= 4 is 16.7 Å². The van der Waals surface area contributed by atoms with Gasteiger partial charge in [-0.25, -0.2) is 13.8 Å². The number of aromatic nitrogens is 3. The number of halogens is 2. The van der Waals surface area contributed by atoms with Crippen LogP contribution in [-0.4, -0.2) is 60.4 Å². The summed E-state index contributed by atoms with van der Waals surface area (Å²) in [5.74, 6) is 0.265. The Labute approximate surface area is 201 Å². The molecule has 35 heavy (non-hydrogen) atoms. The van der Waals surface area contributed by atoms with Crippen molar-refractivity contribution < 1.29 is 18.3 Å². The summed E-state index contributed by atoms with van der Waals surface area (Å²) in [5.41, 5.74) is 4.29. The maximum Gasteiger partial charge on any atom is 0.142 e. The van der Waals surface area contributed by atoms with Crippen LogP contribution in [0.3, 0.4) is 0 Å². The van der Waals surface area contributed by atoms with E-state index in [1.165, 1.54) is 31.4 Å². The van der Waals surface area contributed by atoms with Gasteiger partial charge in [-0.3, -0.25) is 4.98 Å². The lowest BCUT2D eigenvalue weighted by molar-refractivity contribution is -0.00899. The number of nitrogens with one attached hydrogen (secondary N) is 2. The van der Waals surface area contributed by atoms with Gasteiger partial charge >= 0.3 is 0 Å². The third-order valence-corrected chi connectivity index (χ3v) is 6.75. The van der Waals surface area contributed by atoms with Gasteiger partial charge < -0.3 is 24.7 Å². The molecule has 7 nitrogen and oxygen atoms in total. The molecule has 2 aliphatic rings. The molecular formula is C26H25F2N5O2. The number of anilines is 1. The fourth-order valence-electron chi connectivity index (χ4n) is 5.10. The van der Waals surface area contributed by atoms with Gasteiger partial charge in [-0.15, -0.1) is 0 Å². The number of fused-ring (bicyclic) bond motifs is 2. The summed E-state index contributed by atoms with van der Waals surface area (Å²) < 4.78 is 39.7. The highest BCUT2D eigenvalue weighted by Gasteiger charge is 2.34. The summed E-state index contributed by atoms with van der Waals surface area (Å²) >= 11 is 0. The van der Waals surface area contributed by atoms with E-state index in [4.69, 9.17) is 14.5 Å². The van der Waals surface area contributed by atoms with Crippen molar-refractivity contribution in [2.24, 2.45) is 0 Å². The molecule has 2 saturated heterocycles. The van der Waals surface area contributed by atoms with E-state index >= 15 is 0 Å². The summed E-state index contributed by atoms with van der Waals surface area (Å²) in [6.07, 6.45) is 4.43. The zero-order valence-electron chi connectivity index (χ0n) is 19.2. The van der Waals surface area contributed by atoms with Gasteiger partial charge in [0.25, 0.3) is 0 Å². The van der Waals surface area contributed by atoms with Crippen LogP contribution in [0.4, 0.5) is 14.5 Å². The molecule has 0 radical (unpaired) electrons. The highest BCUT2D eigenvalue weighted by Crippen LogP contribution is 2.41. The van der Waals surface area contributed by atoms with Crippen LogP contribution in [0.2, 0.25) is 0 Å². The predicted molar refractivity (Wildman–Crippen MR) is 130 cm³/mol. The van der Waals surface area contributed by atoms with Crippen molar-refractivity contribution in [3.8, 4) is 28.3 Å². The minimum absolute atomic E-state index is 0.0400. The first kappa shape index (κ1) is 21.9. The molecule has 0 saturated carbocycles. The number of H-pyrrole nitrogens is 1. The van der Waals surface area contributed by atoms with Crippen molar-refractivity contribution in [3.05, 3.63) is 60.4 Å². The molecule has 2 aliphatic heterocycles. The predicted octanol–water partition coefficient (Wildman–Crippen LogP) is 4.15. The Hall–Kier alpha value is -3.56. The Kier molecular flexibility index (Phi) is 5.58. The Morgan fingerprint density at radius 3 is 2.86 bits per heavy atom. The van der Waals surface area contributed by atoms with E-state index in [1.807, 2.05) is 0 Å². The summed E-state index contributed by atoms with van der Waals surface area (Å²) in [7, 11) is 1.51. The minimum atomic E-state index is -0.395. The van der Waals surface area contributed by atoms with E-state index in [0.29, 0.717) is 47.4 Å². The van der Waals surface area contributed by atoms with Crippen LogP contribution in [-0.2, 0) is 4.74 Å². The van der Waals surface area contributed by atoms with Crippen molar-refractivity contribution in [1.29, 1.82) is 0 Å². The number of hydrogen-bond donors (Lipinski definition) is 2. The van der Waals surface area contributed by atoms with Crippen molar-refractivity contribution in [2.45, 2.75) is 18.6 Å². The van der Waals surface area contributed by atoms with Crippen LogP contribution >= 0.6 is 0 Å². The highest BCUT2D eigenvalue weighted by atomic mass is 19.1. The molecule has 2 aromatic heterocycles. The molecule has 2 fully saturated rings. The second-order valence-corrected chi connectivity index (χ2v) is 8.91. The molecule has 2 aromatic carbocycles. The van der Waals surface area contributed by atoms with Gasteiger partial charge in [0.05, 0.1) is 42.1 Å². The Bertz CT molecular complexity index is 1390. The molecule has 0 aliphatic carbocycles. The van der Waals surface area contributed by atoms with Gasteiger partial charge in [-0.2, -0.15) is 0 Å². The normalized spacial score (nSPS) is 20.1. The maximum absolute atomic E-state index is 14.5. The lowest BCUT2D eigenvalue weighted by Gasteiger charge is -2.43. The van der Waals surface area contributed by atoms with E-state index in [-0.39, 0.29) is 11.9 Å². The fraction of sp³-hybridized carbons (Fsp3) is 0.308. The van der Waals surface area contributed by atoms with Crippen molar-refractivity contribution in [1.82, 2.24) is 20.3 Å². The number of rotatable bonds is 4. The second kappa shape index (κ2) is 8.90. The first-order valence-corrected chi connectivity index (χ1v) is 11.7. The number of benzene rings is 2. The molecule has 6 rings (SSSR count). The van der Waals surface area contributed by atoms with Gasteiger partial charge in [0.15, 0.2) is 0 Å². The quantitative estimate of drug-likeness (QED) is 0.460. The first-order valence-electron chi connectivity index (χ1n) is 11.7. The largest absolute Gasteiger partial charge is 0.497 e. The molecule has 9 heteroatoms. The molecule has 0 spiro atoms. The van der Waals surface area contributed by atoms with E-state index in [1.54, 1.807) is 24.5 Å². The zero-order valence-corrected chi connectivity index (χ0v) is 19.2. The molecular weight excluding hydrogens is 452 g/mol. The smallest absolute Gasteiger partial charge is 0.142 e. The Balaban J connectivity index is 1.52. The van der Waals surface area contributed by atoms with E-state index in [9.17, 15) is 8.78 Å². The summed E-state index contributed by atoms with van der Waals surface area (Å²) in [6, 6.07) is 9.39. The average molecular weight is 478 g/mol. The number of methoxy groups -OCH3 is 1. The van der Waals surface area contributed by atoms with Crippen LogP contribution in [0.1, 0.15) is 6.42 Å². The molecule has 180 valence electrons. The number of hydrogen-bond acceptors (Lipinski definition) is 6. The zero-order chi connectivity index (χ0) is 23.9. The molecule has 0 amide bonds. The monoisotopic (exact) mass is 477 g/mol. The van der Waals surface area contributed by atoms with E-state index in [2.05, 4.69) is 20.2 Å². The third kappa shape index (κ3) is 4.11. The van der Waals surface area contributed by atoms with Gasteiger partial charge in [0.2, 0.25) is 0 Å². The number of imidazole rings is 1. The topological polar surface area (TPSA) is 75.3 Å². The van der Waals surface area contributed by atoms with Crippen LogP contribution in [0.25, 0.3) is 33.5 Å². The number of aromatic amines is 1. The lowest BCUT2D eigenvalue weighted by atomic mass is 9.96.